The molecule has 2 aliphatic rings. The second-order valence-electron chi connectivity index (χ2n) is 9.30. The van der Waals surface area contributed by atoms with E-state index in [0.29, 0.717) is 30.7 Å². The van der Waals surface area contributed by atoms with Crippen molar-refractivity contribution in [3.63, 3.8) is 0 Å². The maximum atomic E-state index is 12.7. The highest BCUT2D eigenvalue weighted by molar-refractivity contribution is 5.70. The zero-order chi connectivity index (χ0) is 21.6. The van der Waals surface area contributed by atoms with Gasteiger partial charge in [0.05, 0.1) is 12.2 Å². The van der Waals surface area contributed by atoms with Crippen molar-refractivity contribution in [3.8, 4) is 0 Å². The number of amides is 1. The molecule has 0 spiro atoms. The number of hydrogen-bond acceptors (Lipinski definition) is 5. The molecule has 1 saturated heterocycles. The fourth-order valence-electron chi connectivity index (χ4n) is 5.00. The Bertz CT molecular complexity index is 1070. The van der Waals surface area contributed by atoms with E-state index in [0.717, 1.165) is 25.9 Å². The molecular formula is C21H29N5O4. The van der Waals surface area contributed by atoms with Crippen LogP contribution in [0.1, 0.15) is 46.1 Å². The summed E-state index contributed by atoms with van der Waals surface area (Å²) in [5, 5.41) is 9.66. The van der Waals surface area contributed by atoms with Crippen LogP contribution in [-0.4, -0.2) is 66.3 Å². The molecule has 0 radical (unpaired) electrons. The lowest BCUT2D eigenvalue weighted by atomic mass is 9.96. The summed E-state index contributed by atoms with van der Waals surface area (Å²) >= 11 is 0. The van der Waals surface area contributed by atoms with Crippen molar-refractivity contribution >= 4 is 17.3 Å². The number of aryl methyl sites for hydroxylation is 1. The van der Waals surface area contributed by atoms with Crippen LogP contribution in [0.5, 0.6) is 0 Å². The lowest BCUT2D eigenvalue weighted by Gasteiger charge is -2.44. The van der Waals surface area contributed by atoms with Crippen molar-refractivity contribution in [2.75, 3.05) is 19.6 Å². The molecule has 0 saturated carbocycles. The quantitative estimate of drug-likeness (QED) is 0.820. The van der Waals surface area contributed by atoms with Gasteiger partial charge in [-0.25, -0.2) is 9.78 Å². The van der Waals surface area contributed by atoms with Crippen LogP contribution in [0.4, 0.5) is 4.79 Å². The summed E-state index contributed by atoms with van der Waals surface area (Å²) in [4.78, 5) is 44.7. The molecule has 0 bridgehead atoms. The fraction of sp³-hybridized carbons (Fsp3) is 0.619. The Morgan fingerprint density at radius 1 is 1.13 bits per heavy atom. The predicted molar refractivity (Wildman–Crippen MR) is 113 cm³/mol. The van der Waals surface area contributed by atoms with Gasteiger partial charge in [-0.05, 0) is 46.1 Å². The van der Waals surface area contributed by atoms with Gasteiger partial charge in [-0.15, -0.1) is 0 Å². The third-order valence-electron chi connectivity index (χ3n) is 6.29. The maximum Gasteiger partial charge on any atom is 0.407 e. The third-order valence-corrected chi connectivity index (χ3v) is 6.29. The van der Waals surface area contributed by atoms with E-state index in [9.17, 15) is 19.5 Å². The van der Waals surface area contributed by atoms with Gasteiger partial charge in [0.15, 0.2) is 0 Å². The van der Waals surface area contributed by atoms with Crippen molar-refractivity contribution in [1.82, 2.24) is 23.9 Å². The molecule has 1 amide bonds. The standard InChI is InChI=1S/C21H29N5O4/c1-21(2,3)26(20(29)30)14-6-9-23(10-7-14)13-15-8-11-24-18(28)12-22-16-4-5-17(27)25(15)19(16)24/h4-5,12,14-15H,6-11,13H2,1-3H3,(H,29,30)/t15-/m0/s1. The normalized spacial score (nSPS) is 20.4. The van der Waals surface area contributed by atoms with E-state index in [-0.39, 0.29) is 23.2 Å². The number of carboxylic acid groups (broad SMARTS) is 1. The van der Waals surface area contributed by atoms with Gasteiger partial charge in [0, 0.05) is 43.8 Å². The molecule has 4 heterocycles. The monoisotopic (exact) mass is 415 g/mol. The summed E-state index contributed by atoms with van der Waals surface area (Å²) < 4.78 is 3.36. The number of carbonyl (C=O) groups is 1. The first-order valence-electron chi connectivity index (χ1n) is 10.5. The number of hydrogen-bond donors (Lipinski definition) is 1. The van der Waals surface area contributed by atoms with E-state index in [4.69, 9.17) is 0 Å². The second kappa shape index (κ2) is 7.54. The van der Waals surface area contributed by atoms with E-state index in [1.807, 2.05) is 20.8 Å². The van der Waals surface area contributed by atoms with Crippen LogP contribution in [0.25, 0.3) is 11.2 Å². The van der Waals surface area contributed by atoms with E-state index in [1.54, 1.807) is 20.1 Å². The van der Waals surface area contributed by atoms with E-state index in [1.165, 1.54) is 12.3 Å². The van der Waals surface area contributed by atoms with Gasteiger partial charge in [-0.3, -0.25) is 18.7 Å². The van der Waals surface area contributed by atoms with E-state index < -0.39 is 11.6 Å². The Balaban J connectivity index is 1.53. The number of rotatable bonds is 3. The zero-order valence-corrected chi connectivity index (χ0v) is 17.7. The number of piperidine rings is 1. The molecule has 0 unspecified atom stereocenters. The highest BCUT2D eigenvalue weighted by atomic mass is 16.4. The zero-order valence-electron chi connectivity index (χ0n) is 17.7. The molecular weight excluding hydrogens is 386 g/mol. The van der Waals surface area contributed by atoms with Crippen molar-refractivity contribution in [3.05, 3.63) is 39.0 Å². The highest BCUT2D eigenvalue weighted by Crippen LogP contribution is 2.27. The van der Waals surface area contributed by atoms with Crippen molar-refractivity contribution < 1.29 is 9.90 Å². The number of nitrogens with zero attached hydrogens (tertiary/aromatic N) is 5. The molecule has 0 aliphatic carbocycles. The minimum Gasteiger partial charge on any atom is -0.465 e. The van der Waals surface area contributed by atoms with Crippen LogP contribution < -0.4 is 11.1 Å². The van der Waals surface area contributed by atoms with Crippen molar-refractivity contribution in [2.45, 2.75) is 64.2 Å². The summed E-state index contributed by atoms with van der Waals surface area (Å²) in [7, 11) is 0. The average molecular weight is 415 g/mol. The Hall–Kier alpha value is -2.68. The number of pyridine rings is 1. The molecule has 162 valence electrons. The van der Waals surface area contributed by atoms with Crippen LogP contribution in [0.15, 0.2) is 27.9 Å². The lowest BCUT2D eigenvalue weighted by molar-refractivity contribution is 0.0392. The van der Waals surface area contributed by atoms with Gasteiger partial charge in [0.1, 0.15) is 11.2 Å². The Morgan fingerprint density at radius 3 is 2.47 bits per heavy atom. The van der Waals surface area contributed by atoms with Gasteiger partial charge >= 0.3 is 6.09 Å². The van der Waals surface area contributed by atoms with Gasteiger partial charge in [0.25, 0.3) is 11.1 Å². The summed E-state index contributed by atoms with van der Waals surface area (Å²) in [5.74, 6) is 0. The topological polar surface area (TPSA) is 101 Å². The van der Waals surface area contributed by atoms with E-state index >= 15 is 0 Å². The maximum absolute atomic E-state index is 12.7. The van der Waals surface area contributed by atoms with Crippen LogP contribution in [-0.2, 0) is 6.54 Å². The summed E-state index contributed by atoms with van der Waals surface area (Å²) in [6.45, 7) is 8.62. The molecule has 2 aromatic rings. The Labute approximate surface area is 174 Å². The molecule has 1 fully saturated rings. The van der Waals surface area contributed by atoms with Gasteiger partial charge < -0.3 is 14.9 Å². The van der Waals surface area contributed by atoms with Crippen LogP contribution >= 0.6 is 0 Å². The number of likely N-dealkylation sites (tertiary alicyclic amines) is 1. The van der Waals surface area contributed by atoms with Crippen LogP contribution in [0.3, 0.4) is 0 Å². The van der Waals surface area contributed by atoms with Gasteiger partial charge in [0.2, 0.25) is 0 Å². The van der Waals surface area contributed by atoms with Crippen molar-refractivity contribution in [2.24, 2.45) is 0 Å². The molecule has 9 heteroatoms. The molecule has 0 aromatic carbocycles. The van der Waals surface area contributed by atoms with E-state index in [2.05, 4.69) is 9.88 Å². The van der Waals surface area contributed by atoms with Crippen molar-refractivity contribution in [1.29, 1.82) is 0 Å². The average Bonchev–Trinajstić information content (AvgIpc) is 2.67. The molecule has 4 rings (SSSR count). The molecule has 1 N–H and O–H groups in total. The minimum atomic E-state index is -0.874. The van der Waals surface area contributed by atoms with Crippen LogP contribution in [0.2, 0.25) is 0 Å². The summed E-state index contributed by atoms with van der Waals surface area (Å²) in [6.07, 6.45) is 2.69. The minimum absolute atomic E-state index is 0.000219. The number of aromatic nitrogens is 3. The van der Waals surface area contributed by atoms with Crippen LogP contribution in [0, 0.1) is 0 Å². The molecule has 2 aromatic heterocycles. The fourth-order valence-corrected chi connectivity index (χ4v) is 5.00. The Kier molecular flexibility index (Phi) is 5.17. The predicted octanol–water partition coefficient (Wildman–Crippen LogP) is 1.75. The SMILES string of the molecule is CC(C)(C)N(C(=O)O)C1CCN(C[C@@H]2CCn3c(=O)cnc4ccc(=O)n2c43)CC1. The molecule has 1 atom stereocenters. The lowest BCUT2D eigenvalue weighted by Crippen LogP contribution is -2.55. The first kappa shape index (κ1) is 20.6. The second-order valence-corrected chi connectivity index (χ2v) is 9.30. The smallest absolute Gasteiger partial charge is 0.407 e. The summed E-state index contributed by atoms with van der Waals surface area (Å²) in [5.41, 5.74) is 0.519. The summed E-state index contributed by atoms with van der Waals surface area (Å²) in [6, 6.07) is 3.16. The molecule has 2 aliphatic heterocycles. The Morgan fingerprint density at radius 2 is 1.83 bits per heavy atom. The highest BCUT2D eigenvalue weighted by Gasteiger charge is 2.36. The van der Waals surface area contributed by atoms with Gasteiger partial charge in [-0.2, -0.15) is 0 Å². The largest absolute Gasteiger partial charge is 0.465 e. The third kappa shape index (κ3) is 3.62. The molecule has 9 nitrogen and oxygen atoms in total. The molecule has 30 heavy (non-hydrogen) atoms. The first-order valence-corrected chi connectivity index (χ1v) is 10.5. The van der Waals surface area contributed by atoms with Gasteiger partial charge in [-0.1, -0.05) is 0 Å². The first-order chi connectivity index (χ1) is 14.2.